The molecule has 1 aliphatic rings. The number of halogens is 1. The van der Waals surface area contributed by atoms with Gasteiger partial charge in [-0.1, -0.05) is 73.5 Å². The molecule has 5 rings (SSSR count). The van der Waals surface area contributed by atoms with Gasteiger partial charge >= 0.3 is 0 Å². The largest absolute Gasteiger partial charge is 0.338 e. The molecule has 1 unspecified atom stereocenters. The van der Waals surface area contributed by atoms with Crippen molar-refractivity contribution in [3.05, 3.63) is 59.1 Å². The van der Waals surface area contributed by atoms with Gasteiger partial charge in [0.25, 0.3) is 0 Å². The maximum Gasteiger partial charge on any atom is 0.233 e. The molecule has 2 amide bonds. The highest BCUT2D eigenvalue weighted by Crippen LogP contribution is 2.28. The number of thioether (sulfide) groups is 1. The lowest BCUT2D eigenvalue weighted by Crippen LogP contribution is -2.55. The lowest BCUT2D eigenvalue weighted by molar-refractivity contribution is -0.141. The number of rotatable bonds is 9. The van der Waals surface area contributed by atoms with E-state index in [0.29, 0.717) is 42.8 Å². The van der Waals surface area contributed by atoms with E-state index in [0.717, 1.165) is 46.9 Å². The minimum Gasteiger partial charge on any atom is -0.338 e. The molecule has 1 aliphatic heterocycles. The van der Waals surface area contributed by atoms with Gasteiger partial charge in [0.2, 0.25) is 17.0 Å². The lowest BCUT2D eigenvalue weighted by Gasteiger charge is -2.40. The van der Waals surface area contributed by atoms with Crippen LogP contribution in [0.1, 0.15) is 45.1 Å². The van der Waals surface area contributed by atoms with Crippen LogP contribution >= 0.6 is 23.4 Å². The fraction of sp³-hybridized carbons (Fsp3) is 0.414. The normalized spacial score (nSPS) is 15.8. The van der Waals surface area contributed by atoms with E-state index in [9.17, 15) is 9.59 Å². The van der Waals surface area contributed by atoms with E-state index < -0.39 is 0 Å². The van der Waals surface area contributed by atoms with E-state index in [4.69, 9.17) is 16.6 Å². The Kier molecular flexibility index (Phi) is 8.67. The van der Waals surface area contributed by atoms with E-state index in [1.165, 1.54) is 11.8 Å². The smallest absolute Gasteiger partial charge is 0.233 e. The Morgan fingerprint density at radius 3 is 2.69 bits per heavy atom. The molecule has 2 aromatic heterocycles. The lowest BCUT2D eigenvalue weighted by atomic mass is 10.1. The molecule has 0 radical (unpaired) electrons. The Morgan fingerprint density at radius 1 is 1.05 bits per heavy atom. The van der Waals surface area contributed by atoms with Gasteiger partial charge in [-0.3, -0.25) is 9.59 Å². The monoisotopic (exact) mass is 564 g/mol. The number of piperazine rings is 1. The molecular formula is C29H33ClN6O2S. The summed E-state index contributed by atoms with van der Waals surface area (Å²) in [5.41, 5.74) is 3.54. The molecule has 0 saturated carbocycles. The third-order valence-electron chi connectivity index (χ3n) is 7.20. The highest BCUT2D eigenvalue weighted by Gasteiger charge is 2.29. The van der Waals surface area contributed by atoms with Gasteiger partial charge in [-0.15, -0.1) is 10.2 Å². The second-order valence-corrected chi connectivity index (χ2v) is 11.4. The van der Waals surface area contributed by atoms with Crippen molar-refractivity contribution in [3.63, 3.8) is 0 Å². The van der Waals surface area contributed by atoms with Crippen molar-refractivity contribution < 1.29 is 9.59 Å². The zero-order valence-corrected chi connectivity index (χ0v) is 23.9. The van der Waals surface area contributed by atoms with Crippen LogP contribution in [-0.2, 0) is 16.1 Å². The van der Waals surface area contributed by atoms with Crippen molar-refractivity contribution in [3.8, 4) is 0 Å². The highest BCUT2D eigenvalue weighted by atomic mass is 35.5. The standard InChI is InChI=1S/C29H33ClN6O2S/c1-3-4-5-13-25(37)35-15-14-34(17-20(35)2)26(38)19-39-29-31-28-27(32-33-29)23-11-6-7-12-24(23)36(28)18-21-9-8-10-22(30)16-21/h6-12,16,20H,3-5,13-15,17-19H2,1-2H3. The quantitative estimate of drug-likeness (QED) is 0.199. The summed E-state index contributed by atoms with van der Waals surface area (Å²) in [6.45, 7) is 6.42. The molecule has 0 bridgehead atoms. The zero-order valence-electron chi connectivity index (χ0n) is 22.3. The molecule has 0 N–H and O–H groups in total. The molecule has 39 heavy (non-hydrogen) atoms. The summed E-state index contributed by atoms with van der Waals surface area (Å²) in [6, 6.07) is 15.8. The summed E-state index contributed by atoms with van der Waals surface area (Å²) in [5.74, 6) is 0.435. The van der Waals surface area contributed by atoms with Crippen LogP contribution in [0.5, 0.6) is 0 Å². The van der Waals surface area contributed by atoms with Gasteiger partial charge in [-0.05, 0) is 37.1 Å². The van der Waals surface area contributed by atoms with Crippen molar-refractivity contribution in [1.29, 1.82) is 0 Å². The minimum absolute atomic E-state index is 0.0123. The average molecular weight is 565 g/mol. The topological polar surface area (TPSA) is 84.2 Å². The van der Waals surface area contributed by atoms with Crippen molar-refractivity contribution in [2.75, 3.05) is 25.4 Å². The summed E-state index contributed by atoms with van der Waals surface area (Å²) in [6.07, 6.45) is 3.68. The first-order chi connectivity index (χ1) is 18.9. The summed E-state index contributed by atoms with van der Waals surface area (Å²) in [5, 5.41) is 11.0. The van der Waals surface area contributed by atoms with Gasteiger partial charge in [0.1, 0.15) is 5.52 Å². The molecular weight excluding hydrogens is 532 g/mol. The first kappa shape index (κ1) is 27.4. The Morgan fingerprint density at radius 2 is 1.90 bits per heavy atom. The van der Waals surface area contributed by atoms with Crippen LogP contribution < -0.4 is 0 Å². The van der Waals surface area contributed by atoms with E-state index in [1.54, 1.807) is 0 Å². The zero-order chi connectivity index (χ0) is 27.4. The predicted molar refractivity (Wildman–Crippen MR) is 156 cm³/mol. The van der Waals surface area contributed by atoms with Gasteiger partial charge < -0.3 is 14.4 Å². The maximum absolute atomic E-state index is 13.1. The van der Waals surface area contributed by atoms with Crippen molar-refractivity contribution >= 4 is 57.2 Å². The number of hydrogen-bond acceptors (Lipinski definition) is 6. The van der Waals surface area contributed by atoms with Crippen LogP contribution in [0.25, 0.3) is 22.1 Å². The van der Waals surface area contributed by atoms with E-state index in [1.807, 2.05) is 59.2 Å². The number of carbonyl (C=O) groups is 2. The third kappa shape index (κ3) is 6.20. The summed E-state index contributed by atoms with van der Waals surface area (Å²) in [7, 11) is 0. The Bertz CT molecular complexity index is 1490. The number of nitrogens with zero attached hydrogens (tertiary/aromatic N) is 6. The molecule has 10 heteroatoms. The highest BCUT2D eigenvalue weighted by molar-refractivity contribution is 7.99. The molecule has 204 valence electrons. The molecule has 1 saturated heterocycles. The van der Waals surface area contributed by atoms with E-state index >= 15 is 0 Å². The molecule has 2 aromatic carbocycles. The molecule has 3 heterocycles. The van der Waals surface area contributed by atoms with Crippen LogP contribution in [0, 0.1) is 0 Å². The Balaban J connectivity index is 1.28. The molecule has 0 aliphatic carbocycles. The second kappa shape index (κ2) is 12.3. The number of unbranched alkanes of at least 4 members (excludes halogenated alkanes) is 2. The summed E-state index contributed by atoms with van der Waals surface area (Å²) in [4.78, 5) is 34.2. The van der Waals surface area contributed by atoms with Crippen LogP contribution in [0.15, 0.2) is 53.7 Å². The average Bonchev–Trinajstić information content (AvgIpc) is 3.24. The van der Waals surface area contributed by atoms with Crippen LogP contribution in [0.2, 0.25) is 5.02 Å². The number of hydrogen-bond donors (Lipinski definition) is 0. The second-order valence-electron chi connectivity index (χ2n) is 10.0. The van der Waals surface area contributed by atoms with Gasteiger partial charge in [0, 0.05) is 49.1 Å². The number of aromatic nitrogens is 4. The Hall–Kier alpha value is -3.17. The van der Waals surface area contributed by atoms with Gasteiger partial charge in [-0.2, -0.15) is 0 Å². The van der Waals surface area contributed by atoms with Gasteiger partial charge in [0.15, 0.2) is 5.65 Å². The van der Waals surface area contributed by atoms with E-state index in [-0.39, 0.29) is 23.6 Å². The van der Waals surface area contributed by atoms with Crippen LogP contribution in [0.4, 0.5) is 0 Å². The predicted octanol–water partition coefficient (Wildman–Crippen LogP) is 5.41. The fourth-order valence-electron chi connectivity index (χ4n) is 5.17. The van der Waals surface area contributed by atoms with Crippen LogP contribution in [0.3, 0.4) is 0 Å². The number of benzene rings is 2. The summed E-state index contributed by atoms with van der Waals surface area (Å²) < 4.78 is 2.12. The number of amides is 2. The number of carbonyl (C=O) groups excluding carboxylic acids is 2. The van der Waals surface area contributed by atoms with Crippen molar-refractivity contribution in [2.24, 2.45) is 0 Å². The number of fused-ring (bicyclic) bond motifs is 3. The van der Waals surface area contributed by atoms with Crippen molar-refractivity contribution in [2.45, 2.75) is 57.3 Å². The first-order valence-corrected chi connectivity index (χ1v) is 14.9. The molecule has 1 atom stereocenters. The molecule has 1 fully saturated rings. The SMILES string of the molecule is CCCCCC(=O)N1CCN(C(=O)CSc2nnc3c4ccccc4n(Cc4cccc(Cl)c4)c3n2)CC1C. The van der Waals surface area contributed by atoms with E-state index in [2.05, 4.69) is 27.8 Å². The van der Waals surface area contributed by atoms with Gasteiger partial charge in [0.05, 0.1) is 11.3 Å². The maximum atomic E-state index is 13.1. The molecule has 4 aromatic rings. The fourth-order valence-corrected chi connectivity index (χ4v) is 6.07. The van der Waals surface area contributed by atoms with Gasteiger partial charge in [-0.25, -0.2) is 4.98 Å². The Labute approximate surface area is 237 Å². The first-order valence-electron chi connectivity index (χ1n) is 13.5. The summed E-state index contributed by atoms with van der Waals surface area (Å²) >= 11 is 7.53. The number of para-hydroxylation sites is 1. The van der Waals surface area contributed by atoms with Crippen molar-refractivity contribution in [1.82, 2.24) is 29.5 Å². The third-order valence-corrected chi connectivity index (χ3v) is 8.26. The van der Waals surface area contributed by atoms with Crippen LogP contribution in [-0.4, -0.2) is 72.8 Å². The minimum atomic E-state index is 0.0123. The molecule has 8 nitrogen and oxygen atoms in total. The molecule has 0 spiro atoms.